The Kier molecular flexibility index (Phi) is 6.50. The Labute approximate surface area is 159 Å². The molecule has 4 heteroatoms. The average molecular weight is 358 g/mol. The maximum Gasteiger partial charge on any atom is 0.244 e. The van der Waals surface area contributed by atoms with Crippen molar-refractivity contribution in [1.29, 1.82) is 0 Å². The van der Waals surface area contributed by atoms with Gasteiger partial charge in [-0.05, 0) is 41.0 Å². The van der Waals surface area contributed by atoms with Crippen molar-refractivity contribution >= 4 is 12.0 Å². The maximum absolute atomic E-state index is 12.2. The summed E-state index contributed by atoms with van der Waals surface area (Å²) in [7, 11) is 0. The van der Waals surface area contributed by atoms with Gasteiger partial charge in [0.2, 0.25) is 5.91 Å². The van der Waals surface area contributed by atoms with Crippen molar-refractivity contribution in [2.75, 3.05) is 6.61 Å². The van der Waals surface area contributed by atoms with Crippen LogP contribution in [0.25, 0.3) is 17.2 Å². The zero-order valence-electron chi connectivity index (χ0n) is 15.0. The quantitative estimate of drug-likeness (QED) is 0.636. The summed E-state index contributed by atoms with van der Waals surface area (Å²) in [6, 6.07) is 23.3. The van der Waals surface area contributed by atoms with Gasteiger partial charge in [0.15, 0.2) is 0 Å². The van der Waals surface area contributed by atoms with Crippen LogP contribution in [0.15, 0.2) is 85.1 Å². The summed E-state index contributed by atoms with van der Waals surface area (Å²) in [5.74, 6) is -0.241. The summed E-state index contributed by atoms with van der Waals surface area (Å²) >= 11 is 0. The van der Waals surface area contributed by atoms with Crippen LogP contribution in [0.1, 0.15) is 11.3 Å². The fraction of sp³-hybridized carbons (Fsp3) is 0.130. The lowest BCUT2D eigenvalue weighted by atomic mass is 10.0. The first-order valence-corrected chi connectivity index (χ1v) is 8.89. The van der Waals surface area contributed by atoms with E-state index in [1.54, 1.807) is 12.3 Å². The number of benzene rings is 2. The Balaban J connectivity index is 1.62. The van der Waals surface area contributed by atoms with E-state index in [1.807, 2.05) is 60.7 Å². The van der Waals surface area contributed by atoms with Gasteiger partial charge in [-0.2, -0.15) is 0 Å². The molecule has 0 aliphatic carbocycles. The molecule has 0 spiro atoms. The number of hydrogen-bond donors (Lipinski definition) is 2. The second-order valence-electron chi connectivity index (χ2n) is 6.24. The van der Waals surface area contributed by atoms with E-state index in [2.05, 4.69) is 22.4 Å². The van der Waals surface area contributed by atoms with Crippen LogP contribution < -0.4 is 5.32 Å². The van der Waals surface area contributed by atoms with Crippen LogP contribution in [0, 0.1) is 0 Å². The van der Waals surface area contributed by atoms with E-state index in [0.717, 1.165) is 22.4 Å². The van der Waals surface area contributed by atoms with Crippen LogP contribution >= 0.6 is 0 Å². The zero-order valence-corrected chi connectivity index (χ0v) is 15.0. The Hall–Kier alpha value is -3.24. The molecular formula is C23H22N2O2. The van der Waals surface area contributed by atoms with E-state index in [0.29, 0.717) is 6.42 Å². The number of aromatic nitrogens is 1. The molecule has 0 saturated heterocycles. The van der Waals surface area contributed by atoms with Crippen molar-refractivity contribution in [3.63, 3.8) is 0 Å². The molecule has 136 valence electrons. The van der Waals surface area contributed by atoms with E-state index in [1.165, 1.54) is 6.08 Å². The van der Waals surface area contributed by atoms with Gasteiger partial charge >= 0.3 is 0 Å². The molecule has 2 aromatic carbocycles. The average Bonchev–Trinajstić information content (AvgIpc) is 2.73. The van der Waals surface area contributed by atoms with Crippen molar-refractivity contribution in [2.45, 2.75) is 12.5 Å². The van der Waals surface area contributed by atoms with Gasteiger partial charge < -0.3 is 10.4 Å². The summed E-state index contributed by atoms with van der Waals surface area (Å²) in [4.78, 5) is 16.4. The fourth-order valence-corrected chi connectivity index (χ4v) is 2.81. The summed E-state index contributed by atoms with van der Waals surface area (Å²) in [5.41, 5.74) is 4.00. The van der Waals surface area contributed by atoms with E-state index >= 15 is 0 Å². The van der Waals surface area contributed by atoms with Crippen LogP contribution in [-0.4, -0.2) is 28.6 Å². The van der Waals surface area contributed by atoms with Gasteiger partial charge in [0.05, 0.1) is 12.6 Å². The van der Waals surface area contributed by atoms with Crippen molar-refractivity contribution < 1.29 is 9.90 Å². The Morgan fingerprint density at radius 2 is 1.78 bits per heavy atom. The van der Waals surface area contributed by atoms with Gasteiger partial charge in [0, 0.05) is 24.4 Å². The molecular weight excluding hydrogens is 336 g/mol. The van der Waals surface area contributed by atoms with Crippen molar-refractivity contribution in [2.24, 2.45) is 0 Å². The number of pyridine rings is 1. The highest BCUT2D eigenvalue weighted by Crippen LogP contribution is 2.20. The number of carbonyl (C=O) groups excluding carboxylic acids is 1. The Morgan fingerprint density at radius 1 is 1.00 bits per heavy atom. The smallest absolute Gasteiger partial charge is 0.244 e. The molecule has 3 aromatic rings. The third kappa shape index (κ3) is 5.62. The second-order valence-corrected chi connectivity index (χ2v) is 6.24. The summed E-state index contributed by atoms with van der Waals surface area (Å²) in [6.07, 6.45) is 5.45. The van der Waals surface area contributed by atoms with Crippen LogP contribution in [0.5, 0.6) is 0 Å². The Bertz CT molecular complexity index is 893. The highest BCUT2D eigenvalue weighted by Gasteiger charge is 2.11. The molecule has 0 bridgehead atoms. The highest BCUT2D eigenvalue weighted by molar-refractivity contribution is 5.92. The van der Waals surface area contributed by atoms with Crippen LogP contribution in [0.2, 0.25) is 0 Å². The Morgan fingerprint density at radius 3 is 2.52 bits per heavy atom. The number of nitrogens with zero attached hydrogens (tertiary/aromatic N) is 1. The molecule has 0 fully saturated rings. The summed E-state index contributed by atoms with van der Waals surface area (Å²) in [6.45, 7) is -0.139. The number of aliphatic hydroxyl groups excluding tert-OH is 1. The van der Waals surface area contributed by atoms with Gasteiger partial charge in [-0.3, -0.25) is 9.78 Å². The number of rotatable bonds is 7. The molecule has 1 amide bonds. The lowest BCUT2D eigenvalue weighted by Crippen LogP contribution is -2.38. The normalized spacial score (nSPS) is 12.0. The van der Waals surface area contributed by atoms with Crippen molar-refractivity contribution in [3.8, 4) is 11.1 Å². The molecule has 27 heavy (non-hydrogen) atoms. The molecule has 2 N–H and O–H groups in total. The van der Waals surface area contributed by atoms with Crippen molar-refractivity contribution in [3.05, 3.63) is 96.3 Å². The first-order chi connectivity index (χ1) is 13.2. The lowest BCUT2D eigenvalue weighted by Gasteiger charge is -2.14. The van der Waals surface area contributed by atoms with Gasteiger partial charge in [-0.25, -0.2) is 0 Å². The minimum absolute atomic E-state index is 0.139. The monoisotopic (exact) mass is 358 g/mol. The number of hydrogen-bond acceptors (Lipinski definition) is 3. The van der Waals surface area contributed by atoms with Crippen molar-refractivity contribution in [1.82, 2.24) is 10.3 Å². The minimum Gasteiger partial charge on any atom is -0.394 e. The lowest BCUT2D eigenvalue weighted by molar-refractivity contribution is -0.117. The standard InChI is InChI=1S/C23H22N2O2/c26-17-22(16-21-11-4-5-14-24-21)25-23(27)13-12-18-7-6-10-20(15-18)19-8-2-1-3-9-19/h1-15,22,26H,16-17H2,(H,25,27)/b13-12+. The molecule has 3 rings (SSSR count). The minimum atomic E-state index is -0.368. The third-order valence-corrected chi connectivity index (χ3v) is 4.17. The molecule has 4 nitrogen and oxygen atoms in total. The van der Waals surface area contributed by atoms with Gasteiger partial charge in [0.25, 0.3) is 0 Å². The zero-order chi connectivity index (χ0) is 18.9. The van der Waals surface area contributed by atoms with E-state index in [9.17, 15) is 9.90 Å². The highest BCUT2D eigenvalue weighted by atomic mass is 16.3. The summed E-state index contributed by atoms with van der Waals surface area (Å²) in [5, 5.41) is 12.3. The third-order valence-electron chi connectivity index (χ3n) is 4.17. The summed E-state index contributed by atoms with van der Waals surface area (Å²) < 4.78 is 0. The molecule has 0 aliphatic heterocycles. The SMILES string of the molecule is O=C(/C=C/c1cccc(-c2ccccc2)c1)NC(CO)Cc1ccccn1. The maximum atomic E-state index is 12.2. The number of carbonyl (C=O) groups is 1. The van der Waals surface area contributed by atoms with E-state index in [4.69, 9.17) is 0 Å². The van der Waals surface area contributed by atoms with E-state index < -0.39 is 0 Å². The number of aliphatic hydroxyl groups is 1. The van der Waals surface area contributed by atoms with Gasteiger partial charge in [-0.1, -0.05) is 54.6 Å². The van der Waals surface area contributed by atoms with E-state index in [-0.39, 0.29) is 18.6 Å². The first kappa shape index (κ1) is 18.5. The molecule has 0 aliphatic rings. The molecule has 0 radical (unpaired) electrons. The van der Waals surface area contributed by atoms with Crippen LogP contribution in [-0.2, 0) is 11.2 Å². The predicted molar refractivity (Wildman–Crippen MR) is 108 cm³/mol. The van der Waals surface area contributed by atoms with Crippen LogP contribution in [0.3, 0.4) is 0 Å². The predicted octanol–water partition coefficient (Wildman–Crippen LogP) is 3.48. The molecule has 1 unspecified atom stereocenters. The molecule has 1 atom stereocenters. The first-order valence-electron chi connectivity index (χ1n) is 8.89. The largest absolute Gasteiger partial charge is 0.394 e. The van der Waals surface area contributed by atoms with Crippen LogP contribution in [0.4, 0.5) is 0 Å². The molecule has 1 aromatic heterocycles. The fourth-order valence-electron chi connectivity index (χ4n) is 2.81. The molecule has 1 heterocycles. The van der Waals surface area contributed by atoms with Gasteiger partial charge in [-0.15, -0.1) is 0 Å². The molecule has 0 saturated carbocycles. The van der Waals surface area contributed by atoms with Gasteiger partial charge in [0.1, 0.15) is 0 Å². The number of amides is 1. The number of nitrogens with one attached hydrogen (secondary N) is 1. The second kappa shape index (κ2) is 9.46. The topological polar surface area (TPSA) is 62.2 Å².